The molecule has 5 rings (SSSR count). The van der Waals surface area contributed by atoms with Gasteiger partial charge in [0.05, 0.1) is 11.4 Å². The number of rotatable bonds is 10. The van der Waals surface area contributed by atoms with E-state index in [2.05, 4.69) is 56.8 Å². The third kappa shape index (κ3) is 6.24. The number of aromatic amines is 1. The lowest BCUT2D eigenvalue weighted by Crippen LogP contribution is -2.29. The van der Waals surface area contributed by atoms with Crippen molar-refractivity contribution in [3.8, 4) is 22.5 Å². The Morgan fingerprint density at radius 3 is 2.25 bits per heavy atom. The third-order valence-corrected chi connectivity index (χ3v) is 6.60. The molecule has 40 heavy (non-hydrogen) atoms. The fourth-order valence-corrected chi connectivity index (χ4v) is 4.77. The van der Waals surface area contributed by atoms with Crippen LogP contribution in [0.15, 0.2) is 103 Å². The number of nitrogens with zero attached hydrogens (tertiary/aromatic N) is 4. The SMILES string of the molecule is CC(C)CN(Cc1ccccc1)c1ccc(-c2ccccc2-c2nnn[nH]2)cc1NC(=O)C(O)c1ccccc1. The van der Waals surface area contributed by atoms with Crippen molar-refractivity contribution in [2.24, 2.45) is 5.92 Å². The minimum Gasteiger partial charge on any atom is -0.378 e. The summed E-state index contributed by atoms with van der Waals surface area (Å²) in [7, 11) is 0. The zero-order valence-corrected chi connectivity index (χ0v) is 22.5. The Morgan fingerprint density at radius 1 is 0.900 bits per heavy atom. The largest absolute Gasteiger partial charge is 0.378 e. The van der Waals surface area contributed by atoms with Gasteiger partial charge in [-0.2, -0.15) is 0 Å². The highest BCUT2D eigenvalue weighted by Gasteiger charge is 2.22. The monoisotopic (exact) mass is 532 g/mol. The average Bonchev–Trinajstić information content (AvgIpc) is 3.52. The lowest BCUT2D eigenvalue weighted by atomic mass is 9.97. The van der Waals surface area contributed by atoms with E-state index in [-0.39, 0.29) is 0 Å². The number of carbonyl (C=O) groups is 1. The Balaban J connectivity index is 1.58. The fraction of sp³-hybridized carbons (Fsp3) is 0.188. The maximum atomic E-state index is 13.4. The van der Waals surface area contributed by atoms with Gasteiger partial charge in [0.25, 0.3) is 5.91 Å². The molecule has 0 fully saturated rings. The highest BCUT2D eigenvalue weighted by molar-refractivity contribution is 5.99. The van der Waals surface area contributed by atoms with Gasteiger partial charge < -0.3 is 15.3 Å². The highest BCUT2D eigenvalue weighted by Crippen LogP contribution is 2.37. The molecule has 0 radical (unpaired) electrons. The van der Waals surface area contributed by atoms with E-state index >= 15 is 0 Å². The van der Waals surface area contributed by atoms with Crippen molar-refractivity contribution in [3.05, 3.63) is 114 Å². The van der Waals surface area contributed by atoms with Crippen LogP contribution in [-0.4, -0.2) is 38.2 Å². The molecule has 0 aliphatic carbocycles. The van der Waals surface area contributed by atoms with E-state index in [0.29, 0.717) is 29.5 Å². The van der Waals surface area contributed by atoms with Crippen LogP contribution in [0.4, 0.5) is 11.4 Å². The molecule has 0 saturated heterocycles. The van der Waals surface area contributed by atoms with Gasteiger partial charge in [0.2, 0.25) is 0 Å². The number of amides is 1. The van der Waals surface area contributed by atoms with E-state index in [0.717, 1.165) is 34.5 Å². The Hall–Kier alpha value is -4.82. The van der Waals surface area contributed by atoms with Crippen LogP contribution >= 0.6 is 0 Å². The van der Waals surface area contributed by atoms with E-state index < -0.39 is 12.0 Å². The second-order valence-electron chi connectivity index (χ2n) is 10.1. The first-order chi connectivity index (χ1) is 19.5. The van der Waals surface area contributed by atoms with E-state index in [1.54, 1.807) is 24.3 Å². The Kier molecular flexibility index (Phi) is 8.27. The van der Waals surface area contributed by atoms with Crippen LogP contribution in [0.5, 0.6) is 0 Å². The highest BCUT2D eigenvalue weighted by atomic mass is 16.3. The first kappa shape index (κ1) is 26.8. The third-order valence-electron chi connectivity index (χ3n) is 6.60. The quantitative estimate of drug-likeness (QED) is 0.208. The first-order valence-electron chi connectivity index (χ1n) is 13.3. The molecule has 1 unspecified atom stereocenters. The molecule has 1 aromatic heterocycles. The van der Waals surface area contributed by atoms with Crippen molar-refractivity contribution in [3.63, 3.8) is 0 Å². The number of H-pyrrole nitrogens is 1. The molecule has 0 aliphatic heterocycles. The number of aliphatic hydroxyl groups is 1. The number of benzene rings is 4. The predicted octanol–water partition coefficient (Wildman–Crippen LogP) is 5.87. The summed E-state index contributed by atoms with van der Waals surface area (Å²) in [6.45, 7) is 5.79. The van der Waals surface area contributed by atoms with Gasteiger partial charge in [-0.3, -0.25) is 4.79 Å². The number of anilines is 2. The fourth-order valence-electron chi connectivity index (χ4n) is 4.77. The molecule has 1 amide bonds. The van der Waals surface area contributed by atoms with Crippen molar-refractivity contribution in [1.29, 1.82) is 0 Å². The Labute approximate surface area is 233 Å². The van der Waals surface area contributed by atoms with Crippen molar-refractivity contribution in [2.45, 2.75) is 26.5 Å². The average molecular weight is 533 g/mol. The minimum atomic E-state index is -1.31. The van der Waals surface area contributed by atoms with Crippen LogP contribution in [0.2, 0.25) is 0 Å². The van der Waals surface area contributed by atoms with Gasteiger partial charge in [0.15, 0.2) is 11.9 Å². The number of aliphatic hydroxyl groups excluding tert-OH is 1. The minimum absolute atomic E-state index is 0.376. The lowest BCUT2D eigenvalue weighted by Gasteiger charge is -2.30. The van der Waals surface area contributed by atoms with Crippen LogP contribution in [0.1, 0.15) is 31.1 Å². The number of hydrogen-bond acceptors (Lipinski definition) is 6. The molecule has 0 spiro atoms. The topological polar surface area (TPSA) is 107 Å². The van der Waals surface area contributed by atoms with Gasteiger partial charge in [-0.1, -0.05) is 105 Å². The second kappa shape index (κ2) is 12.4. The summed E-state index contributed by atoms with van der Waals surface area (Å²) < 4.78 is 0. The molecule has 0 bridgehead atoms. The van der Waals surface area contributed by atoms with Crippen molar-refractivity contribution in [1.82, 2.24) is 20.6 Å². The molecule has 202 valence electrons. The standard InChI is InChI=1S/C32H32N6O2/c1-22(2)20-38(21-23-11-5-3-6-12-23)29-18-17-25(26-15-9-10-16-27(26)31-34-36-37-35-31)19-28(29)33-32(40)30(39)24-13-7-4-8-14-24/h3-19,22,30,39H,20-21H2,1-2H3,(H,33,40)(H,34,35,36,37). The Morgan fingerprint density at radius 2 is 1.57 bits per heavy atom. The first-order valence-corrected chi connectivity index (χ1v) is 13.3. The van der Waals surface area contributed by atoms with Crippen molar-refractivity contribution >= 4 is 17.3 Å². The zero-order valence-electron chi connectivity index (χ0n) is 22.5. The Bertz CT molecular complexity index is 1540. The second-order valence-corrected chi connectivity index (χ2v) is 10.1. The molecular formula is C32H32N6O2. The van der Waals surface area contributed by atoms with Gasteiger partial charge in [0.1, 0.15) is 0 Å². The van der Waals surface area contributed by atoms with Gasteiger partial charge in [0, 0.05) is 18.7 Å². The van der Waals surface area contributed by atoms with Crippen LogP contribution in [0.25, 0.3) is 22.5 Å². The molecule has 8 nitrogen and oxygen atoms in total. The molecular weight excluding hydrogens is 500 g/mol. The van der Waals surface area contributed by atoms with Gasteiger partial charge in [-0.15, -0.1) is 5.10 Å². The maximum Gasteiger partial charge on any atom is 0.257 e. The van der Waals surface area contributed by atoms with Crippen molar-refractivity contribution < 1.29 is 9.90 Å². The summed E-state index contributed by atoms with van der Waals surface area (Å²) in [6.07, 6.45) is -1.31. The van der Waals surface area contributed by atoms with Crippen LogP contribution in [0, 0.1) is 5.92 Å². The summed E-state index contributed by atoms with van der Waals surface area (Å²) in [4.78, 5) is 15.6. The van der Waals surface area contributed by atoms with Gasteiger partial charge in [-0.05, 0) is 50.7 Å². The molecule has 0 aliphatic rings. The summed E-state index contributed by atoms with van der Waals surface area (Å²) in [6, 6.07) is 33.0. The molecule has 5 aromatic rings. The zero-order chi connectivity index (χ0) is 27.9. The smallest absolute Gasteiger partial charge is 0.257 e. The van der Waals surface area contributed by atoms with E-state index in [9.17, 15) is 9.90 Å². The van der Waals surface area contributed by atoms with E-state index in [1.165, 1.54) is 0 Å². The summed E-state index contributed by atoms with van der Waals surface area (Å²) in [5.74, 6) is 0.429. The number of carbonyl (C=O) groups excluding carboxylic acids is 1. The lowest BCUT2D eigenvalue weighted by molar-refractivity contribution is -0.124. The number of hydrogen-bond donors (Lipinski definition) is 3. The summed E-state index contributed by atoms with van der Waals surface area (Å²) >= 11 is 0. The molecule has 3 N–H and O–H groups in total. The van der Waals surface area contributed by atoms with E-state index in [4.69, 9.17) is 0 Å². The summed E-state index contributed by atoms with van der Waals surface area (Å²) in [5.41, 5.74) is 5.80. The molecule has 8 heteroatoms. The number of aromatic nitrogens is 4. The predicted molar refractivity (Wildman–Crippen MR) is 157 cm³/mol. The summed E-state index contributed by atoms with van der Waals surface area (Å²) in [5, 5.41) is 28.3. The number of tetrazole rings is 1. The van der Waals surface area contributed by atoms with Gasteiger partial charge in [-0.25, -0.2) is 5.10 Å². The normalized spacial score (nSPS) is 11.8. The van der Waals surface area contributed by atoms with Crippen LogP contribution in [0.3, 0.4) is 0 Å². The molecule has 4 aromatic carbocycles. The van der Waals surface area contributed by atoms with Crippen LogP contribution in [-0.2, 0) is 11.3 Å². The van der Waals surface area contributed by atoms with Crippen LogP contribution < -0.4 is 10.2 Å². The molecule has 1 atom stereocenters. The van der Waals surface area contributed by atoms with Gasteiger partial charge >= 0.3 is 0 Å². The molecule has 0 saturated carbocycles. The number of nitrogens with one attached hydrogen (secondary N) is 2. The van der Waals surface area contributed by atoms with E-state index in [1.807, 2.05) is 66.7 Å². The van der Waals surface area contributed by atoms with Crippen molar-refractivity contribution in [2.75, 3.05) is 16.8 Å². The maximum absolute atomic E-state index is 13.4. The molecule has 1 heterocycles.